The molecule has 2 atom stereocenters. The van der Waals surface area contributed by atoms with E-state index in [4.69, 9.17) is 0 Å². The van der Waals surface area contributed by atoms with Gasteiger partial charge < -0.3 is 15.5 Å². The zero-order valence-corrected chi connectivity index (χ0v) is 19.3. The predicted octanol–water partition coefficient (Wildman–Crippen LogP) is 3.45. The van der Waals surface area contributed by atoms with Crippen LogP contribution in [0.4, 0.5) is 0 Å². The Hall–Kier alpha value is -1.24. The van der Waals surface area contributed by atoms with Gasteiger partial charge in [0.25, 0.3) is 0 Å². The van der Waals surface area contributed by atoms with Gasteiger partial charge in [-0.15, -0.1) is 0 Å². The Morgan fingerprint density at radius 2 is 1.59 bits per heavy atom. The van der Waals surface area contributed by atoms with Crippen molar-refractivity contribution in [3.63, 3.8) is 0 Å². The summed E-state index contributed by atoms with van der Waals surface area (Å²) in [4.78, 5) is 38.1. The highest BCUT2D eigenvalue weighted by molar-refractivity contribution is 7.80. The van der Waals surface area contributed by atoms with Crippen molar-refractivity contribution in [3.05, 3.63) is 0 Å². The quantitative estimate of drug-likeness (QED) is 0.277. The maximum atomic E-state index is 12.7. The molecule has 0 saturated carbocycles. The van der Waals surface area contributed by atoms with Crippen molar-refractivity contribution in [1.29, 1.82) is 0 Å². The number of hydrogen-bond donors (Lipinski definition) is 3. The fourth-order valence-corrected chi connectivity index (χ4v) is 4.12. The van der Waals surface area contributed by atoms with Crippen LogP contribution in [0.15, 0.2) is 0 Å². The van der Waals surface area contributed by atoms with Crippen molar-refractivity contribution in [2.24, 2.45) is 0 Å². The highest BCUT2D eigenvalue weighted by Crippen LogP contribution is 2.19. The number of carbonyl (C=O) groups excluding carboxylic acids is 3. The van der Waals surface area contributed by atoms with Crippen LogP contribution in [0.2, 0.25) is 0 Å². The Kier molecular flexibility index (Phi) is 13.9. The molecule has 1 rings (SSSR count). The van der Waals surface area contributed by atoms with Gasteiger partial charge in [0.05, 0.1) is 0 Å². The molecule has 1 aliphatic rings. The summed E-state index contributed by atoms with van der Waals surface area (Å²) in [6.07, 6.45) is 14.1. The van der Waals surface area contributed by atoms with Gasteiger partial charge in [-0.05, 0) is 19.3 Å². The smallest absolute Gasteiger partial charge is 0.246 e. The number of amides is 3. The second-order valence-corrected chi connectivity index (χ2v) is 8.46. The number of hydrogen-bond acceptors (Lipinski definition) is 4. The second-order valence-electron chi connectivity index (χ2n) is 8.10. The third-order valence-electron chi connectivity index (χ3n) is 5.53. The molecule has 3 amide bonds. The van der Waals surface area contributed by atoms with E-state index in [1.165, 1.54) is 58.3 Å². The minimum Gasteiger partial charge on any atom is -0.354 e. The molecule has 0 radical (unpaired) electrons. The molecule has 1 saturated heterocycles. The molecular weight excluding hydrogens is 386 g/mol. The molecule has 0 spiro atoms. The van der Waals surface area contributed by atoms with Crippen LogP contribution in [0.3, 0.4) is 0 Å². The van der Waals surface area contributed by atoms with E-state index in [0.29, 0.717) is 19.5 Å². The Labute approximate surface area is 182 Å². The molecule has 0 aliphatic carbocycles. The number of rotatable bonds is 15. The Bertz CT molecular complexity index is 502. The van der Waals surface area contributed by atoms with Crippen molar-refractivity contribution in [3.8, 4) is 0 Å². The third-order valence-corrected chi connectivity index (χ3v) is 5.89. The number of carbonyl (C=O) groups is 3. The summed E-state index contributed by atoms with van der Waals surface area (Å²) in [5.74, 6) is -0.333. The molecule has 0 aromatic heterocycles. The van der Waals surface area contributed by atoms with Crippen molar-refractivity contribution in [2.45, 2.75) is 103 Å². The van der Waals surface area contributed by atoms with Gasteiger partial charge in [0.2, 0.25) is 17.7 Å². The van der Waals surface area contributed by atoms with Crippen LogP contribution < -0.4 is 10.6 Å². The predicted molar refractivity (Wildman–Crippen MR) is 121 cm³/mol. The monoisotopic (exact) mass is 427 g/mol. The van der Waals surface area contributed by atoms with Crippen LogP contribution in [-0.2, 0) is 14.4 Å². The second kappa shape index (κ2) is 15.6. The van der Waals surface area contributed by atoms with Gasteiger partial charge in [-0.3, -0.25) is 14.4 Å². The van der Waals surface area contributed by atoms with Crippen LogP contribution in [0.5, 0.6) is 0 Å². The first-order valence-corrected chi connectivity index (χ1v) is 12.1. The summed E-state index contributed by atoms with van der Waals surface area (Å²) in [6.45, 7) is 4.84. The van der Waals surface area contributed by atoms with E-state index >= 15 is 0 Å². The fraction of sp³-hybridized carbons (Fsp3) is 0.864. The third kappa shape index (κ3) is 10.4. The number of nitrogens with zero attached hydrogens (tertiary/aromatic N) is 1. The first-order valence-electron chi connectivity index (χ1n) is 11.5. The molecule has 1 aliphatic heterocycles. The number of nitrogens with one attached hydrogen (secondary N) is 2. The molecular formula is C22H41N3O3S. The van der Waals surface area contributed by atoms with E-state index in [1.54, 1.807) is 4.90 Å². The molecule has 29 heavy (non-hydrogen) atoms. The molecule has 2 N–H and O–H groups in total. The topological polar surface area (TPSA) is 78.5 Å². The molecule has 0 aromatic rings. The van der Waals surface area contributed by atoms with Gasteiger partial charge in [-0.25, -0.2) is 0 Å². The lowest BCUT2D eigenvalue weighted by atomic mass is 10.1. The minimum atomic E-state index is -0.675. The van der Waals surface area contributed by atoms with Gasteiger partial charge in [-0.2, -0.15) is 12.6 Å². The van der Waals surface area contributed by atoms with Crippen molar-refractivity contribution >= 4 is 30.4 Å². The zero-order valence-electron chi connectivity index (χ0n) is 18.4. The average Bonchev–Trinajstić information content (AvgIpc) is 3.19. The number of unbranched alkanes of at least 4 members (excludes halogenated alkanes) is 9. The molecule has 168 valence electrons. The summed E-state index contributed by atoms with van der Waals surface area (Å²) in [5.41, 5.74) is 0. The lowest BCUT2D eigenvalue weighted by molar-refractivity contribution is -0.140. The molecule has 0 bridgehead atoms. The summed E-state index contributed by atoms with van der Waals surface area (Å²) in [7, 11) is 0. The van der Waals surface area contributed by atoms with Crippen molar-refractivity contribution in [2.75, 3.05) is 18.8 Å². The van der Waals surface area contributed by atoms with Gasteiger partial charge in [0.15, 0.2) is 0 Å². The van der Waals surface area contributed by atoms with Gasteiger partial charge in [0, 0.05) is 25.8 Å². The first kappa shape index (κ1) is 25.8. The van der Waals surface area contributed by atoms with Crippen LogP contribution in [0.25, 0.3) is 0 Å². The van der Waals surface area contributed by atoms with Crippen LogP contribution >= 0.6 is 12.6 Å². The summed E-state index contributed by atoms with van der Waals surface area (Å²) in [6, 6.07) is -1.10. The Balaban J connectivity index is 2.21. The maximum Gasteiger partial charge on any atom is 0.246 e. The molecule has 1 heterocycles. The van der Waals surface area contributed by atoms with E-state index in [0.717, 1.165) is 19.3 Å². The molecule has 6 nitrogen and oxygen atoms in total. The average molecular weight is 428 g/mol. The van der Waals surface area contributed by atoms with Crippen LogP contribution in [0, 0.1) is 0 Å². The molecule has 7 heteroatoms. The van der Waals surface area contributed by atoms with Gasteiger partial charge in [-0.1, -0.05) is 64.7 Å². The van der Waals surface area contributed by atoms with Gasteiger partial charge in [0.1, 0.15) is 12.1 Å². The van der Waals surface area contributed by atoms with Crippen molar-refractivity contribution in [1.82, 2.24) is 15.5 Å². The van der Waals surface area contributed by atoms with Crippen LogP contribution in [-0.4, -0.2) is 53.5 Å². The van der Waals surface area contributed by atoms with Crippen molar-refractivity contribution < 1.29 is 14.4 Å². The Morgan fingerprint density at radius 3 is 2.14 bits per heavy atom. The van der Waals surface area contributed by atoms with E-state index in [2.05, 4.69) is 30.2 Å². The largest absolute Gasteiger partial charge is 0.354 e. The van der Waals surface area contributed by atoms with E-state index in [-0.39, 0.29) is 23.5 Å². The van der Waals surface area contributed by atoms with Crippen LogP contribution in [0.1, 0.15) is 90.9 Å². The highest BCUT2D eigenvalue weighted by atomic mass is 32.1. The molecule has 0 unspecified atom stereocenters. The fourth-order valence-electron chi connectivity index (χ4n) is 3.88. The summed E-state index contributed by atoms with van der Waals surface area (Å²) in [5, 5.41) is 5.61. The standard InChI is InChI=1S/C22H41N3O3S/c1-3-4-5-6-7-8-9-10-11-12-15-23-21(27)20-14-13-16-25(20)22(28)19(17-29)24-18(2)26/h19-20,29H,3-17H2,1-2H3,(H,23,27)(H,24,26)/t19-,20-/m0/s1. The Morgan fingerprint density at radius 1 is 1.00 bits per heavy atom. The number of thiol groups is 1. The van der Waals surface area contributed by atoms with E-state index in [9.17, 15) is 14.4 Å². The van der Waals surface area contributed by atoms with Gasteiger partial charge >= 0.3 is 0 Å². The normalized spacial score (nSPS) is 17.2. The SMILES string of the molecule is CCCCCCCCCCCCNC(=O)[C@@H]1CCCN1C(=O)[C@H](CS)NC(C)=O. The maximum absolute atomic E-state index is 12.7. The first-order chi connectivity index (χ1) is 14.0. The summed E-state index contributed by atoms with van der Waals surface area (Å²) < 4.78 is 0. The lowest BCUT2D eigenvalue weighted by Gasteiger charge is -2.27. The highest BCUT2D eigenvalue weighted by Gasteiger charge is 2.36. The number of likely N-dealkylation sites (tertiary alicyclic amines) is 1. The lowest BCUT2D eigenvalue weighted by Crippen LogP contribution is -2.54. The summed E-state index contributed by atoms with van der Waals surface area (Å²) >= 11 is 4.17. The molecule has 1 fully saturated rings. The van der Waals surface area contributed by atoms with E-state index < -0.39 is 12.1 Å². The molecule has 0 aromatic carbocycles. The zero-order chi connectivity index (χ0) is 21.5. The van der Waals surface area contributed by atoms with E-state index in [1.807, 2.05) is 0 Å². The minimum absolute atomic E-state index is 0.0764.